The maximum Gasteiger partial charge on any atom is 0.222 e. The normalized spacial score (nSPS) is 18.6. The van der Waals surface area contributed by atoms with Gasteiger partial charge in [-0.05, 0) is 24.3 Å². The van der Waals surface area contributed by atoms with Crippen molar-refractivity contribution < 1.29 is 9.90 Å². The fraction of sp³-hybridized carbons (Fsp3) is 0.588. The Kier molecular flexibility index (Phi) is 5.18. The van der Waals surface area contributed by atoms with Crippen LogP contribution in [0.4, 0.5) is 0 Å². The van der Waals surface area contributed by atoms with Gasteiger partial charge in [-0.2, -0.15) is 0 Å². The van der Waals surface area contributed by atoms with E-state index in [-0.39, 0.29) is 11.8 Å². The number of rotatable bonds is 6. The third-order valence-corrected chi connectivity index (χ3v) is 3.99. The first-order chi connectivity index (χ1) is 9.58. The number of amides is 1. The third kappa shape index (κ3) is 3.83. The van der Waals surface area contributed by atoms with Crippen molar-refractivity contribution in [3.8, 4) is 0 Å². The van der Waals surface area contributed by atoms with E-state index in [1.165, 1.54) is 0 Å². The number of hydrogen-bond acceptors (Lipinski definition) is 2. The van der Waals surface area contributed by atoms with Crippen LogP contribution in [-0.2, 0) is 4.79 Å². The van der Waals surface area contributed by atoms with Crippen molar-refractivity contribution in [2.24, 2.45) is 5.92 Å². The summed E-state index contributed by atoms with van der Waals surface area (Å²) in [5.74, 6) is 0.689. The highest BCUT2D eigenvalue weighted by atomic mass is 16.3. The second kappa shape index (κ2) is 6.89. The molecule has 110 valence electrons. The molecule has 0 radical (unpaired) electrons. The van der Waals surface area contributed by atoms with E-state index in [1.807, 2.05) is 23.1 Å². The van der Waals surface area contributed by atoms with E-state index in [1.54, 1.807) is 0 Å². The van der Waals surface area contributed by atoms with Crippen molar-refractivity contribution in [1.29, 1.82) is 0 Å². The summed E-state index contributed by atoms with van der Waals surface area (Å²) in [6.45, 7) is 5.70. The summed E-state index contributed by atoms with van der Waals surface area (Å²) in [7, 11) is 0. The SMILES string of the molecule is CC(C)C[C@H](O)C(CN1CCCC1=O)c1ccccc1. The van der Waals surface area contributed by atoms with Gasteiger partial charge in [0.1, 0.15) is 0 Å². The van der Waals surface area contributed by atoms with Crippen LogP contribution in [0, 0.1) is 5.92 Å². The van der Waals surface area contributed by atoms with Crippen molar-refractivity contribution in [3.05, 3.63) is 35.9 Å². The third-order valence-electron chi connectivity index (χ3n) is 3.99. The minimum absolute atomic E-state index is 0.0145. The fourth-order valence-electron chi connectivity index (χ4n) is 2.93. The molecule has 3 heteroatoms. The molecule has 1 fully saturated rings. The molecule has 0 bridgehead atoms. The van der Waals surface area contributed by atoms with Gasteiger partial charge in [-0.1, -0.05) is 44.2 Å². The topological polar surface area (TPSA) is 40.5 Å². The zero-order valence-electron chi connectivity index (χ0n) is 12.5. The van der Waals surface area contributed by atoms with E-state index in [0.29, 0.717) is 18.9 Å². The monoisotopic (exact) mass is 275 g/mol. The smallest absolute Gasteiger partial charge is 0.222 e. The van der Waals surface area contributed by atoms with Gasteiger partial charge in [0.15, 0.2) is 0 Å². The number of hydrogen-bond donors (Lipinski definition) is 1. The number of aliphatic hydroxyl groups is 1. The number of nitrogens with zero attached hydrogens (tertiary/aromatic N) is 1. The second-order valence-corrected chi connectivity index (χ2v) is 6.16. The van der Waals surface area contributed by atoms with Crippen molar-refractivity contribution in [3.63, 3.8) is 0 Å². The molecule has 0 saturated carbocycles. The lowest BCUT2D eigenvalue weighted by Gasteiger charge is -2.29. The van der Waals surface area contributed by atoms with Crippen molar-refractivity contribution in [1.82, 2.24) is 4.90 Å². The van der Waals surface area contributed by atoms with Crippen LogP contribution in [0.5, 0.6) is 0 Å². The Labute approximate surface area is 121 Å². The lowest BCUT2D eigenvalue weighted by molar-refractivity contribution is -0.128. The van der Waals surface area contributed by atoms with E-state index in [9.17, 15) is 9.90 Å². The summed E-state index contributed by atoms with van der Waals surface area (Å²) >= 11 is 0. The van der Waals surface area contributed by atoms with E-state index in [0.717, 1.165) is 24.9 Å². The van der Waals surface area contributed by atoms with Gasteiger partial charge >= 0.3 is 0 Å². The Hall–Kier alpha value is -1.35. The molecule has 0 aromatic heterocycles. The Morgan fingerprint density at radius 1 is 1.25 bits per heavy atom. The number of carbonyl (C=O) groups excluding carboxylic acids is 1. The molecule has 1 aromatic carbocycles. The Morgan fingerprint density at radius 3 is 2.50 bits per heavy atom. The average molecular weight is 275 g/mol. The molecule has 1 aliphatic rings. The summed E-state index contributed by atoms with van der Waals surface area (Å²) in [5, 5.41) is 10.5. The maximum absolute atomic E-state index is 11.8. The highest BCUT2D eigenvalue weighted by Gasteiger charge is 2.28. The van der Waals surface area contributed by atoms with Gasteiger partial charge in [0.2, 0.25) is 5.91 Å². The highest BCUT2D eigenvalue weighted by molar-refractivity contribution is 5.78. The van der Waals surface area contributed by atoms with Gasteiger partial charge < -0.3 is 10.0 Å². The lowest BCUT2D eigenvalue weighted by atomic mass is 9.88. The van der Waals surface area contributed by atoms with Crippen molar-refractivity contribution in [2.75, 3.05) is 13.1 Å². The first-order valence-corrected chi connectivity index (χ1v) is 7.58. The Bertz CT molecular complexity index is 430. The van der Waals surface area contributed by atoms with Crippen LogP contribution in [0.2, 0.25) is 0 Å². The van der Waals surface area contributed by atoms with Gasteiger partial charge in [-0.15, -0.1) is 0 Å². The zero-order valence-corrected chi connectivity index (χ0v) is 12.5. The molecule has 3 nitrogen and oxygen atoms in total. The predicted octanol–water partition coefficient (Wildman–Crippen LogP) is 2.80. The minimum atomic E-state index is -0.397. The van der Waals surface area contributed by atoms with Crippen LogP contribution in [0.15, 0.2) is 30.3 Å². The number of benzene rings is 1. The van der Waals surface area contributed by atoms with E-state index < -0.39 is 6.10 Å². The molecule has 1 saturated heterocycles. The van der Waals surface area contributed by atoms with Crippen molar-refractivity contribution >= 4 is 5.91 Å². The molecular formula is C17H25NO2. The summed E-state index contributed by atoms with van der Waals surface area (Å²) in [6, 6.07) is 10.1. The van der Waals surface area contributed by atoms with Crippen LogP contribution in [0.1, 0.15) is 44.6 Å². The number of likely N-dealkylation sites (tertiary alicyclic amines) is 1. The standard InChI is InChI=1S/C17H25NO2/c1-13(2)11-16(19)15(14-7-4-3-5-8-14)12-18-10-6-9-17(18)20/h3-5,7-8,13,15-16,19H,6,9-12H2,1-2H3/t15?,16-/m0/s1. The second-order valence-electron chi connectivity index (χ2n) is 6.16. The molecule has 1 N–H and O–H groups in total. The molecular weight excluding hydrogens is 250 g/mol. The predicted molar refractivity (Wildman–Crippen MR) is 80.5 cm³/mol. The highest BCUT2D eigenvalue weighted by Crippen LogP contribution is 2.27. The Morgan fingerprint density at radius 2 is 1.95 bits per heavy atom. The van der Waals surface area contributed by atoms with Crippen LogP contribution in [0.3, 0.4) is 0 Å². The zero-order chi connectivity index (χ0) is 14.5. The number of aliphatic hydroxyl groups excluding tert-OH is 1. The van der Waals surface area contributed by atoms with Gasteiger partial charge in [0.05, 0.1) is 6.10 Å². The van der Waals surface area contributed by atoms with Crippen LogP contribution < -0.4 is 0 Å². The molecule has 2 rings (SSSR count). The van der Waals surface area contributed by atoms with Gasteiger partial charge in [0.25, 0.3) is 0 Å². The van der Waals surface area contributed by atoms with Crippen molar-refractivity contribution in [2.45, 2.75) is 45.1 Å². The van der Waals surface area contributed by atoms with E-state index in [4.69, 9.17) is 0 Å². The summed E-state index contributed by atoms with van der Waals surface area (Å²) in [5.41, 5.74) is 1.13. The van der Waals surface area contributed by atoms with Crippen LogP contribution >= 0.6 is 0 Å². The number of carbonyl (C=O) groups is 1. The Balaban J connectivity index is 2.13. The summed E-state index contributed by atoms with van der Waals surface area (Å²) in [4.78, 5) is 13.7. The molecule has 1 heterocycles. The molecule has 0 aliphatic carbocycles. The van der Waals surface area contributed by atoms with Crippen LogP contribution in [-0.4, -0.2) is 35.1 Å². The minimum Gasteiger partial charge on any atom is -0.392 e. The molecule has 1 amide bonds. The summed E-state index contributed by atoms with van der Waals surface area (Å²) in [6.07, 6.45) is 1.97. The van der Waals surface area contributed by atoms with Gasteiger partial charge in [0, 0.05) is 25.4 Å². The first kappa shape index (κ1) is 15.0. The van der Waals surface area contributed by atoms with E-state index in [2.05, 4.69) is 26.0 Å². The molecule has 0 spiro atoms. The van der Waals surface area contributed by atoms with E-state index >= 15 is 0 Å². The quantitative estimate of drug-likeness (QED) is 0.867. The summed E-state index contributed by atoms with van der Waals surface area (Å²) < 4.78 is 0. The molecule has 20 heavy (non-hydrogen) atoms. The van der Waals surface area contributed by atoms with Gasteiger partial charge in [-0.25, -0.2) is 0 Å². The average Bonchev–Trinajstić information content (AvgIpc) is 2.81. The fourth-order valence-corrected chi connectivity index (χ4v) is 2.93. The first-order valence-electron chi connectivity index (χ1n) is 7.58. The molecule has 1 unspecified atom stereocenters. The maximum atomic E-state index is 11.8. The molecule has 1 aromatic rings. The van der Waals surface area contributed by atoms with Gasteiger partial charge in [-0.3, -0.25) is 4.79 Å². The molecule has 1 aliphatic heterocycles. The van der Waals surface area contributed by atoms with Crippen LogP contribution in [0.25, 0.3) is 0 Å². The molecule has 2 atom stereocenters. The lowest BCUT2D eigenvalue weighted by Crippen LogP contribution is -2.35. The largest absolute Gasteiger partial charge is 0.392 e.